The molecule has 3 aromatic rings. The molecule has 0 bridgehead atoms. The molecule has 1 aromatic heterocycles. The first kappa shape index (κ1) is 23.2. The number of carbonyl (C=O) groups excluding carboxylic acids is 1. The molecule has 3 heterocycles. The summed E-state index contributed by atoms with van der Waals surface area (Å²) >= 11 is 0. The van der Waals surface area contributed by atoms with E-state index in [2.05, 4.69) is 21.5 Å². The number of hydrogen-bond acceptors (Lipinski definition) is 8. The zero-order valence-corrected chi connectivity index (χ0v) is 19.7. The van der Waals surface area contributed by atoms with E-state index in [1.54, 1.807) is 7.11 Å². The van der Waals surface area contributed by atoms with Crippen LogP contribution < -0.4 is 19.5 Å². The van der Waals surface area contributed by atoms with Crippen molar-refractivity contribution in [1.82, 2.24) is 15.5 Å². The second-order valence-corrected chi connectivity index (χ2v) is 8.83. The summed E-state index contributed by atoms with van der Waals surface area (Å²) in [5.41, 5.74) is 1.81. The molecule has 184 valence electrons. The third-order valence-corrected chi connectivity index (χ3v) is 6.67. The predicted molar refractivity (Wildman–Crippen MR) is 127 cm³/mol. The fourth-order valence-electron chi connectivity index (χ4n) is 4.53. The first-order chi connectivity index (χ1) is 17.1. The minimum absolute atomic E-state index is 0.00602. The van der Waals surface area contributed by atoms with Crippen molar-refractivity contribution in [2.24, 2.45) is 0 Å². The Kier molecular flexibility index (Phi) is 6.85. The lowest BCUT2D eigenvalue weighted by Crippen LogP contribution is -2.44. The zero-order valence-electron chi connectivity index (χ0n) is 19.7. The Labute approximate surface area is 203 Å². The number of rotatable bonds is 9. The summed E-state index contributed by atoms with van der Waals surface area (Å²) in [5.74, 6) is 3.34. The molecule has 1 amide bonds. The molecular formula is C26H29N3O6. The van der Waals surface area contributed by atoms with E-state index in [-0.39, 0.29) is 18.1 Å². The molecule has 9 nitrogen and oxygen atoms in total. The molecule has 2 aliphatic heterocycles. The van der Waals surface area contributed by atoms with Crippen molar-refractivity contribution in [3.63, 3.8) is 0 Å². The van der Waals surface area contributed by atoms with Gasteiger partial charge in [-0.1, -0.05) is 11.2 Å². The third kappa shape index (κ3) is 5.24. The fourth-order valence-corrected chi connectivity index (χ4v) is 4.53. The van der Waals surface area contributed by atoms with Gasteiger partial charge in [0.05, 0.1) is 7.11 Å². The topological polar surface area (TPSA) is 105 Å². The number of aromatic nitrogens is 2. The first-order valence-corrected chi connectivity index (χ1v) is 11.9. The summed E-state index contributed by atoms with van der Waals surface area (Å²) in [6.07, 6.45) is 3.22. The molecule has 9 heteroatoms. The molecule has 1 N–H and O–H groups in total. The number of benzene rings is 2. The smallest absolute Gasteiger partial charge is 0.231 e. The molecule has 0 spiro atoms. The molecule has 5 rings (SSSR count). The normalized spacial score (nSPS) is 16.1. The quantitative estimate of drug-likeness (QED) is 0.496. The molecule has 0 atom stereocenters. The Balaban J connectivity index is 1.14. The summed E-state index contributed by atoms with van der Waals surface area (Å²) in [6.45, 7) is 2.13. The molecule has 1 fully saturated rings. The highest BCUT2D eigenvalue weighted by Gasteiger charge is 2.36. The van der Waals surface area contributed by atoms with Gasteiger partial charge in [-0.3, -0.25) is 4.79 Å². The number of aryl methyl sites for hydroxylation is 1. The maximum absolute atomic E-state index is 12.7. The van der Waals surface area contributed by atoms with Crippen LogP contribution in [0.5, 0.6) is 17.2 Å². The monoisotopic (exact) mass is 479 g/mol. The summed E-state index contributed by atoms with van der Waals surface area (Å²) in [4.78, 5) is 17.1. The summed E-state index contributed by atoms with van der Waals surface area (Å²) in [6, 6.07) is 13.5. The van der Waals surface area contributed by atoms with E-state index < -0.39 is 0 Å². The number of carbonyl (C=O) groups is 1. The lowest BCUT2D eigenvalue weighted by molar-refractivity contribution is -0.121. The molecule has 0 unspecified atom stereocenters. The highest BCUT2D eigenvalue weighted by atomic mass is 16.7. The molecule has 2 aromatic carbocycles. The number of hydrogen-bond donors (Lipinski definition) is 1. The average molecular weight is 480 g/mol. The number of fused-ring (bicyclic) bond motifs is 1. The van der Waals surface area contributed by atoms with Gasteiger partial charge in [-0.2, -0.15) is 4.98 Å². The van der Waals surface area contributed by atoms with Crippen LogP contribution in [0, 0.1) is 0 Å². The maximum Gasteiger partial charge on any atom is 0.231 e. The van der Waals surface area contributed by atoms with E-state index in [0.717, 1.165) is 41.2 Å². The summed E-state index contributed by atoms with van der Waals surface area (Å²) < 4.78 is 27.2. The van der Waals surface area contributed by atoms with Crippen molar-refractivity contribution >= 4 is 5.91 Å². The van der Waals surface area contributed by atoms with Gasteiger partial charge in [0, 0.05) is 43.6 Å². The van der Waals surface area contributed by atoms with E-state index in [1.807, 2.05) is 36.4 Å². The number of nitrogens with zero attached hydrogens (tertiary/aromatic N) is 2. The van der Waals surface area contributed by atoms with Gasteiger partial charge in [0.25, 0.3) is 0 Å². The zero-order chi connectivity index (χ0) is 24.1. The standard InChI is InChI=1S/C26H29N3O6/c1-31-20-8-5-18(6-9-20)25-28-24(35-29-25)4-2-3-23(30)27-16-26(11-13-32-14-12-26)19-7-10-21-22(15-19)34-17-33-21/h5-10,15H,2-4,11-14,16-17H2,1H3,(H,27,30). The van der Waals surface area contributed by atoms with Crippen LogP contribution >= 0.6 is 0 Å². The first-order valence-electron chi connectivity index (χ1n) is 11.9. The van der Waals surface area contributed by atoms with Gasteiger partial charge in [-0.05, 0) is 61.2 Å². The Morgan fingerprint density at radius 2 is 1.89 bits per heavy atom. The lowest BCUT2D eigenvalue weighted by atomic mass is 9.74. The van der Waals surface area contributed by atoms with Crippen molar-refractivity contribution in [1.29, 1.82) is 0 Å². The second kappa shape index (κ2) is 10.4. The Bertz CT molecular complexity index is 1150. The van der Waals surface area contributed by atoms with E-state index >= 15 is 0 Å². The molecular weight excluding hydrogens is 450 g/mol. The number of nitrogens with one attached hydrogen (secondary N) is 1. The van der Waals surface area contributed by atoms with Gasteiger partial charge in [-0.25, -0.2) is 0 Å². The summed E-state index contributed by atoms with van der Waals surface area (Å²) in [7, 11) is 1.62. The van der Waals surface area contributed by atoms with E-state index in [1.165, 1.54) is 0 Å². The van der Waals surface area contributed by atoms with Crippen molar-refractivity contribution in [2.45, 2.75) is 37.5 Å². The fraction of sp³-hybridized carbons (Fsp3) is 0.423. The number of methoxy groups -OCH3 is 1. The molecule has 2 aliphatic rings. The lowest BCUT2D eigenvalue weighted by Gasteiger charge is -2.38. The maximum atomic E-state index is 12.7. The molecule has 1 saturated heterocycles. The van der Waals surface area contributed by atoms with E-state index in [9.17, 15) is 4.79 Å². The van der Waals surface area contributed by atoms with Crippen LogP contribution in [0.25, 0.3) is 11.4 Å². The molecule has 0 saturated carbocycles. The second-order valence-electron chi connectivity index (χ2n) is 8.83. The van der Waals surface area contributed by atoms with Crippen LogP contribution in [0.3, 0.4) is 0 Å². The van der Waals surface area contributed by atoms with Gasteiger partial charge < -0.3 is 28.8 Å². The van der Waals surface area contributed by atoms with E-state index in [0.29, 0.717) is 50.7 Å². The average Bonchev–Trinajstić information content (AvgIpc) is 3.57. The van der Waals surface area contributed by atoms with Crippen molar-refractivity contribution in [3.8, 4) is 28.6 Å². The van der Waals surface area contributed by atoms with Crippen LogP contribution in [-0.4, -0.2) is 49.7 Å². The van der Waals surface area contributed by atoms with Crippen LogP contribution in [0.15, 0.2) is 47.0 Å². The van der Waals surface area contributed by atoms with Gasteiger partial charge >= 0.3 is 0 Å². The highest BCUT2D eigenvalue weighted by Crippen LogP contribution is 2.40. The third-order valence-electron chi connectivity index (χ3n) is 6.67. The van der Waals surface area contributed by atoms with Crippen LogP contribution in [0.1, 0.15) is 37.1 Å². The molecule has 35 heavy (non-hydrogen) atoms. The molecule has 0 radical (unpaired) electrons. The number of ether oxygens (including phenoxy) is 4. The van der Waals surface area contributed by atoms with Gasteiger partial charge in [0.1, 0.15) is 5.75 Å². The van der Waals surface area contributed by atoms with Crippen molar-refractivity contribution in [3.05, 3.63) is 53.9 Å². The Hall–Kier alpha value is -3.59. The largest absolute Gasteiger partial charge is 0.497 e. The molecule has 0 aliphatic carbocycles. The number of amides is 1. The Morgan fingerprint density at radius 1 is 1.09 bits per heavy atom. The van der Waals surface area contributed by atoms with Crippen LogP contribution in [0.2, 0.25) is 0 Å². The van der Waals surface area contributed by atoms with Crippen molar-refractivity contribution < 1.29 is 28.3 Å². The highest BCUT2D eigenvalue weighted by molar-refractivity contribution is 5.76. The van der Waals surface area contributed by atoms with Crippen LogP contribution in [-0.2, 0) is 21.4 Å². The van der Waals surface area contributed by atoms with Gasteiger partial charge in [0.15, 0.2) is 11.5 Å². The van der Waals surface area contributed by atoms with E-state index in [4.69, 9.17) is 23.5 Å². The van der Waals surface area contributed by atoms with Crippen molar-refractivity contribution in [2.75, 3.05) is 33.7 Å². The van der Waals surface area contributed by atoms with Gasteiger partial charge in [-0.15, -0.1) is 0 Å². The Morgan fingerprint density at radius 3 is 2.69 bits per heavy atom. The SMILES string of the molecule is COc1ccc(-c2noc(CCCC(=O)NCC3(c4ccc5c(c4)OCO5)CCOCC3)n2)cc1. The predicted octanol–water partition coefficient (Wildman–Crippen LogP) is 3.66. The van der Waals surface area contributed by atoms with Crippen LogP contribution in [0.4, 0.5) is 0 Å². The minimum Gasteiger partial charge on any atom is -0.497 e. The summed E-state index contributed by atoms with van der Waals surface area (Å²) in [5, 5.41) is 7.19. The van der Waals surface area contributed by atoms with Gasteiger partial charge in [0.2, 0.25) is 24.4 Å². The minimum atomic E-state index is -0.186.